The minimum atomic E-state index is -0.800. The normalized spacial score (nSPS) is 24.2. The number of carbonyl (C=O) groups is 1. The van der Waals surface area contributed by atoms with E-state index in [1.54, 1.807) is 11.1 Å². The van der Waals surface area contributed by atoms with Crippen LogP contribution in [0.5, 0.6) is 0 Å². The first kappa shape index (κ1) is 20.7. The highest BCUT2D eigenvalue weighted by Crippen LogP contribution is 2.36. The number of benzene rings is 1. The Morgan fingerprint density at radius 1 is 1.22 bits per heavy atom. The number of pyridine rings is 1. The van der Waals surface area contributed by atoms with Crippen molar-refractivity contribution in [1.29, 1.82) is 0 Å². The molecule has 0 radical (unpaired) electrons. The maximum atomic E-state index is 14.1. The number of piperidine rings is 1. The molecule has 2 aliphatic heterocycles. The summed E-state index contributed by atoms with van der Waals surface area (Å²) in [5.74, 6) is 0.0480. The molecule has 1 atom stereocenters. The van der Waals surface area contributed by atoms with Crippen molar-refractivity contribution in [2.45, 2.75) is 50.1 Å². The quantitative estimate of drug-likeness (QED) is 0.637. The third-order valence-corrected chi connectivity index (χ3v) is 6.46. The fourth-order valence-corrected chi connectivity index (χ4v) is 4.84. The van der Waals surface area contributed by atoms with E-state index < -0.39 is 23.2 Å². The highest BCUT2D eigenvalue weighted by atomic mass is 19.1. The SMILES string of the molecule is O=C(Nc1ccc(F)cc1F)N1CCCC2(C1)Nc1cccnc1NC2=NC1CCCC1. The maximum absolute atomic E-state index is 14.1. The number of nitrogens with one attached hydrogen (secondary N) is 3. The molecule has 1 aliphatic carbocycles. The van der Waals surface area contributed by atoms with Crippen LogP contribution in [0.15, 0.2) is 41.5 Å². The van der Waals surface area contributed by atoms with E-state index in [-0.39, 0.29) is 11.7 Å². The number of anilines is 3. The summed E-state index contributed by atoms with van der Waals surface area (Å²) in [6, 6.07) is 6.78. The summed E-state index contributed by atoms with van der Waals surface area (Å²) >= 11 is 0. The van der Waals surface area contributed by atoms with E-state index in [4.69, 9.17) is 4.99 Å². The third-order valence-electron chi connectivity index (χ3n) is 6.46. The van der Waals surface area contributed by atoms with Gasteiger partial charge in [0.2, 0.25) is 0 Å². The number of likely N-dealkylation sites (tertiary alicyclic amines) is 1. The molecule has 1 aromatic carbocycles. The zero-order valence-electron chi connectivity index (χ0n) is 17.7. The molecule has 3 aliphatic rings. The van der Waals surface area contributed by atoms with Crippen LogP contribution in [0.1, 0.15) is 38.5 Å². The number of aromatic nitrogens is 1. The Labute approximate surface area is 185 Å². The number of urea groups is 1. The van der Waals surface area contributed by atoms with Crippen LogP contribution in [0.25, 0.3) is 0 Å². The summed E-state index contributed by atoms with van der Waals surface area (Å²) < 4.78 is 27.3. The Kier molecular flexibility index (Phi) is 5.40. The van der Waals surface area contributed by atoms with Gasteiger partial charge in [0.05, 0.1) is 24.0 Å². The highest BCUT2D eigenvalue weighted by molar-refractivity contribution is 6.09. The Morgan fingerprint density at radius 3 is 2.88 bits per heavy atom. The van der Waals surface area contributed by atoms with E-state index in [0.29, 0.717) is 13.1 Å². The highest BCUT2D eigenvalue weighted by Gasteiger charge is 2.45. The second kappa shape index (κ2) is 8.37. The Bertz CT molecular complexity index is 1050. The summed E-state index contributed by atoms with van der Waals surface area (Å²) in [5, 5.41) is 9.61. The van der Waals surface area contributed by atoms with Crippen molar-refractivity contribution < 1.29 is 13.6 Å². The number of aliphatic imine (C=N–C) groups is 1. The van der Waals surface area contributed by atoms with Gasteiger partial charge in [-0.25, -0.2) is 18.6 Å². The Balaban J connectivity index is 1.41. The van der Waals surface area contributed by atoms with E-state index >= 15 is 0 Å². The lowest BCUT2D eigenvalue weighted by Crippen LogP contribution is -2.63. The molecule has 32 heavy (non-hydrogen) atoms. The van der Waals surface area contributed by atoms with E-state index in [9.17, 15) is 13.6 Å². The molecule has 168 valence electrons. The molecular weight excluding hydrogens is 414 g/mol. The molecule has 1 saturated heterocycles. The van der Waals surface area contributed by atoms with Gasteiger partial charge in [-0.3, -0.25) is 4.99 Å². The first-order valence-electron chi connectivity index (χ1n) is 11.1. The van der Waals surface area contributed by atoms with Gasteiger partial charge in [0, 0.05) is 18.8 Å². The standard InChI is InChI=1S/C23H26F2N6O/c24-15-8-9-18(17(25)13-15)28-22(32)31-12-4-10-23(14-31)21(27-16-5-1-2-6-16)29-20-19(30-23)7-3-11-26-20/h3,7-9,11,13,16,30H,1-2,4-6,10,12,14H2,(H,28,32)(H,26,27,29). The number of amides is 2. The zero-order chi connectivity index (χ0) is 22.1. The van der Waals surface area contributed by atoms with Gasteiger partial charge in [-0.05, 0) is 49.9 Å². The smallest absolute Gasteiger partial charge is 0.322 e. The molecule has 2 fully saturated rings. The molecule has 2 amide bonds. The number of hydrogen-bond donors (Lipinski definition) is 3. The van der Waals surface area contributed by atoms with Gasteiger partial charge in [-0.15, -0.1) is 0 Å². The molecule has 0 bridgehead atoms. The monoisotopic (exact) mass is 440 g/mol. The number of carbonyl (C=O) groups excluding carboxylic acids is 1. The number of fused-ring (bicyclic) bond motifs is 1. The van der Waals surface area contributed by atoms with E-state index in [0.717, 1.165) is 55.2 Å². The van der Waals surface area contributed by atoms with Crippen molar-refractivity contribution in [3.05, 3.63) is 48.2 Å². The lowest BCUT2D eigenvalue weighted by Gasteiger charge is -2.47. The molecule has 3 heterocycles. The summed E-state index contributed by atoms with van der Waals surface area (Å²) in [6.07, 6.45) is 7.76. The lowest BCUT2D eigenvalue weighted by atomic mass is 9.85. The topological polar surface area (TPSA) is 81.7 Å². The van der Waals surface area contributed by atoms with Crippen LogP contribution in [-0.4, -0.2) is 46.4 Å². The minimum absolute atomic E-state index is 0.0415. The van der Waals surface area contributed by atoms with Gasteiger partial charge < -0.3 is 20.9 Å². The van der Waals surface area contributed by atoms with E-state index in [1.165, 1.54) is 18.9 Å². The lowest BCUT2D eigenvalue weighted by molar-refractivity contribution is 0.186. The average molecular weight is 440 g/mol. The van der Waals surface area contributed by atoms with Crippen LogP contribution in [0, 0.1) is 11.6 Å². The summed E-state index contributed by atoms with van der Waals surface area (Å²) in [4.78, 5) is 24.1. The molecule has 5 rings (SSSR count). The molecule has 7 nitrogen and oxygen atoms in total. The predicted octanol–water partition coefficient (Wildman–Crippen LogP) is 4.61. The van der Waals surface area contributed by atoms with Crippen LogP contribution < -0.4 is 16.0 Å². The van der Waals surface area contributed by atoms with E-state index in [1.807, 2.05) is 12.1 Å². The third kappa shape index (κ3) is 3.99. The fraction of sp³-hybridized carbons (Fsp3) is 0.435. The molecule has 1 spiro atoms. The summed E-state index contributed by atoms with van der Waals surface area (Å²) in [5.41, 5.74) is 0.250. The minimum Gasteiger partial charge on any atom is -0.368 e. The van der Waals surface area contributed by atoms with Crippen molar-refractivity contribution >= 4 is 29.1 Å². The number of rotatable bonds is 2. The molecule has 1 saturated carbocycles. The second-order valence-electron chi connectivity index (χ2n) is 8.73. The van der Waals surface area contributed by atoms with Gasteiger partial charge in [0.15, 0.2) is 5.82 Å². The summed E-state index contributed by atoms with van der Waals surface area (Å²) in [7, 11) is 0. The predicted molar refractivity (Wildman–Crippen MR) is 120 cm³/mol. The molecule has 1 aromatic heterocycles. The van der Waals surface area contributed by atoms with Crippen LogP contribution in [0.2, 0.25) is 0 Å². The van der Waals surface area contributed by atoms with Crippen molar-refractivity contribution in [3.63, 3.8) is 0 Å². The van der Waals surface area contributed by atoms with Gasteiger partial charge in [-0.1, -0.05) is 12.8 Å². The van der Waals surface area contributed by atoms with Crippen molar-refractivity contribution in [1.82, 2.24) is 9.88 Å². The average Bonchev–Trinajstić information content (AvgIpc) is 3.29. The Hall–Kier alpha value is -3.23. The number of amidine groups is 1. The molecular formula is C23H26F2N6O. The van der Waals surface area contributed by atoms with Crippen LogP contribution in [-0.2, 0) is 0 Å². The molecule has 9 heteroatoms. The molecule has 1 unspecified atom stereocenters. The van der Waals surface area contributed by atoms with Crippen molar-refractivity contribution in [3.8, 4) is 0 Å². The van der Waals surface area contributed by atoms with Crippen LogP contribution in [0.4, 0.5) is 30.8 Å². The van der Waals surface area contributed by atoms with Crippen molar-refractivity contribution in [2.75, 3.05) is 29.0 Å². The van der Waals surface area contributed by atoms with Crippen molar-refractivity contribution in [2.24, 2.45) is 4.99 Å². The first-order valence-corrected chi connectivity index (χ1v) is 11.1. The number of halogens is 2. The van der Waals surface area contributed by atoms with Crippen LogP contribution in [0.3, 0.4) is 0 Å². The second-order valence-corrected chi connectivity index (χ2v) is 8.73. The van der Waals surface area contributed by atoms with Crippen LogP contribution >= 0.6 is 0 Å². The molecule has 3 N–H and O–H groups in total. The maximum Gasteiger partial charge on any atom is 0.322 e. The van der Waals surface area contributed by atoms with Gasteiger partial charge in [0.25, 0.3) is 0 Å². The zero-order valence-corrected chi connectivity index (χ0v) is 17.7. The Morgan fingerprint density at radius 2 is 2.06 bits per heavy atom. The largest absolute Gasteiger partial charge is 0.368 e. The van der Waals surface area contributed by atoms with Gasteiger partial charge >= 0.3 is 6.03 Å². The van der Waals surface area contributed by atoms with E-state index in [2.05, 4.69) is 20.9 Å². The van der Waals surface area contributed by atoms with Gasteiger partial charge in [-0.2, -0.15) is 0 Å². The fourth-order valence-electron chi connectivity index (χ4n) is 4.84. The van der Waals surface area contributed by atoms with Gasteiger partial charge in [0.1, 0.15) is 23.0 Å². The first-order chi connectivity index (χ1) is 15.5. The number of nitrogens with zero attached hydrogens (tertiary/aromatic N) is 3. The number of hydrogen-bond acceptors (Lipinski definition) is 4. The molecule has 2 aromatic rings. The summed E-state index contributed by atoms with van der Waals surface area (Å²) in [6.45, 7) is 0.906.